The number of aryl methyl sites for hydroxylation is 2. The summed E-state index contributed by atoms with van der Waals surface area (Å²) in [6, 6.07) is 15.2. The van der Waals surface area contributed by atoms with Crippen LogP contribution in [0.5, 0.6) is 11.6 Å². The number of halogens is 2. The third-order valence-corrected chi connectivity index (χ3v) is 7.01. The lowest BCUT2D eigenvalue weighted by Gasteiger charge is -2.15. The standard InChI is InChI=1S/C25H22F2N4O3S2/c1-16-15-20(31-36(32,33)14-11-17-7-4-3-5-8-17)21(26)22(27)23(16)34-24-18(9-6-12-28-24)19-10-13-29-25(30-19)35-2/h3-10,12-13,15,31H,11,14H2,1-2H3. The zero-order valence-corrected chi connectivity index (χ0v) is 21.0. The van der Waals surface area contributed by atoms with Crippen molar-refractivity contribution in [3.8, 4) is 22.9 Å². The number of pyridine rings is 1. The summed E-state index contributed by atoms with van der Waals surface area (Å²) < 4.78 is 62.9. The molecule has 7 nitrogen and oxygen atoms in total. The van der Waals surface area contributed by atoms with Crippen molar-refractivity contribution in [1.82, 2.24) is 15.0 Å². The largest absolute Gasteiger partial charge is 0.435 e. The number of nitrogens with one attached hydrogen (secondary N) is 1. The molecule has 0 spiro atoms. The van der Waals surface area contributed by atoms with Gasteiger partial charge in [-0.25, -0.2) is 27.8 Å². The number of sulfonamides is 1. The monoisotopic (exact) mass is 528 g/mol. The Hall–Kier alpha value is -3.57. The number of thioether (sulfide) groups is 1. The highest BCUT2D eigenvalue weighted by Gasteiger charge is 2.23. The summed E-state index contributed by atoms with van der Waals surface area (Å²) in [6.07, 6.45) is 5.09. The van der Waals surface area contributed by atoms with E-state index >= 15 is 4.39 Å². The van der Waals surface area contributed by atoms with E-state index in [2.05, 4.69) is 19.7 Å². The van der Waals surface area contributed by atoms with E-state index in [-0.39, 0.29) is 23.6 Å². The Kier molecular flexibility index (Phi) is 7.80. The molecule has 2 aromatic heterocycles. The predicted molar refractivity (Wildman–Crippen MR) is 136 cm³/mol. The van der Waals surface area contributed by atoms with E-state index in [1.807, 2.05) is 12.3 Å². The first-order chi connectivity index (χ1) is 17.3. The maximum atomic E-state index is 15.1. The lowest BCUT2D eigenvalue weighted by molar-refractivity contribution is 0.404. The molecule has 0 bridgehead atoms. The van der Waals surface area contributed by atoms with Gasteiger partial charge < -0.3 is 4.74 Å². The molecule has 0 fully saturated rings. The molecule has 2 heterocycles. The lowest BCUT2D eigenvalue weighted by atomic mass is 10.1. The van der Waals surface area contributed by atoms with Gasteiger partial charge in [0.05, 0.1) is 22.7 Å². The smallest absolute Gasteiger partial charge is 0.233 e. The number of aromatic nitrogens is 3. The van der Waals surface area contributed by atoms with E-state index in [1.54, 1.807) is 48.7 Å². The van der Waals surface area contributed by atoms with Gasteiger partial charge >= 0.3 is 0 Å². The summed E-state index contributed by atoms with van der Waals surface area (Å²) in [5, 5.41) is 0.527. The molecule has 0 atom stereocenters. The fraction of sp³-hybridized carbons (Fsp3) is 0.160. The first-order valence-corrected chi connectivity index (χ1v) is 13.7. The summed E-state index contributed by atoms with van der Waals surface area (Å²) in [6.45, 7) is 1.48. The maximum absolute atomic E-state index is 15.1. The van der Waals surface area contributed by atoms with Gasteiger partial charge in [0, 0.05) is 12.4 Å². The Morgan fingerprint density at radius 3 is 2.53 bits per heavy atom. The van der Waals surface area contributed by atoms with Gasteiger partial charge in [0.25, 0.3) is 0 Å². The SMILES string of the molecule is CSc1nccc(-c2cccnc2Oc2c(C)cc(NS(=O)(=O)CCc3ccccc3)c(F)c2F)n1. The summed E-state index contributed by atoms with van der Waals surface area (Å²) in [5.74, 6) is -3.38. The van der Waals surface area contributed by atoms with Crippen molar-refractivity contribution in [3.05, 3.63) is 89.8 Å². The lowest BCUT2D eigenvalue weighted by Crippen LogP contribution is -2.19. The zero-order valence-electron chi connectivity index (χ0n) is 19.4. The van der Waals surface area contributed by atoms with Crippen LogP contribution in [0.1, 0.15) is 11.1 Å². The van der Waals surface area contributed by atoms with Crippen molar-refractivity contribution in [2.75, 3.05) is 16.7 Å². The van der Waals surface area contributed by atoms with Crippen LogP contribution in [0.4, 0.5) is 14.5 Å². The van der Waals surface area contributed by atoms with Crippen LogP contribution >= 0.6 is 11.8 Å². The minimum Gasteiger partial charge on any atom is -0.435 e. The van der Waals surface area contributed by atoms with Crippen molar-refractivity contribution in [1.29, 1.82) is 0 Å². The van der Waals surface area contributed by atoms with Gasteiger partial charge in [0.15, 0.2) is 16.7 Å². The van der Waals surface area contributed by atoms with Gasteiger partial charge in [0.2, 0.25) is 21.7 Å². The van der Waals surface area contributed by atoms with Crippen LogP contribution in [-0.2, 0) is 16.4 Å². The molecule has 186 valence electrons. The number of anilines is 1. The van der Waals surface area contributed by atoms with Crippen LogP contribution < -0.4 is 9.46 Å². The van der Waals surface area contributed by atoms with Crippen LogP contribution in [0.3, 0.4) is 0 Å². The highest BCUT2D eigenvalue weighted by atomic mass is 32.2. The van der Waals surface area contributed by atoms with Gasteiger partial charge in [-0.1, -0.05) is 42.1 Å². The molecule has 11 heteroatoms. The molecule has 36 heavy (non-hydrogen) atoms. The zero-order chi connectivity index (χ0) is 25.7. The topological polar surface area (TPSA) is 94.1 Å². The minimum absolute atomic E-state index is 0.0147. The Morgan fingerprint density at radius 1 is 1.00 bits per heavy atom. The molecule has 4 aromatic rings. The third-order valence-electron chi connectivity index (χ3n) is 5.18. The van der Waals surface area contributed by atoms with Crippen molar-refractivity contribution in [2.45, 2.75) is 18.5 Å². The Bertz CT molecular complexity index is 1490. The number of hydrogen-bond acceptors (Lipinski definition) is 7. The fourth-order valence-corrected chi connectivity index (χ4v) is 4.85. The van der Waals surface area contributed by atoms with E-state index in [4.69, 9.17) is 4.74 Å². The van der Waals surface area contributed by atoms with Crippen LogP contribution in [0.15, 0.2) is 72.1 Å². The molecule has 0 amide bonds. The quantitative estimate of drug-likeness (QED) is 0.222. The Balaban J connectivity index is 1.59. The Labute approximate surface area is 212 Å². The molecule has 1 N–H and O–H groups in total. The van der Waals surface area contributed by atoms with E-state index in [1.165, 1.54) is 30.9 Å². The first kappa shape index (κ1) is 25.5. The maximum Gasteiger partial charge on any atom is 0.233 e. The average Bonchev–Trinajstić information content (AvgIpc) is 2.89. The first-order valence-electron chi connectivity index (χ1n) is 10.8. The van der Waals surface area contributed by atoms with E-state index in [9.17, 15) is 12.8 Å². The second kappa shape index (κ2) is 11.0. The van der Waals surface area contributed by atoms with Crippen molar-refractivity contribution < 1.29 is 21.9 Å². The van der Waals surface area contributed by atoms with Crippen LogP contribution in [-0.4, -0.2) is 35.4 Å². The predicted octanol–water partition coefficient (Wildman–Crippen LogP) is 5.62. The summed E-state index contributed by atoms with van der Waals surface area (Å²) in [5.41, 5.74) is 1.46. The summed E-state index contributed by atoms with van der Waals surface area (Å²) in [4.78, 5) is 12.7. The van der Waals surface area contributed by atoms with Crippen LogP contribution in [0.2, 0.25) is 0 Å². The van der Waals surface area contributed by atoms with Crippen LogP contribution in [0.25, 0.3) is 11.3 Å². The van der Waals surface area contributed by atoms with Gasteiger partial charge in [-0.05, 0) is 55.0 Å². The third kappa shape index (κ3) is 5.97. The molecule has 0 saturated carbocycles. The molecular formula is C25H22F2N4O3S2. The van der Waals surface area contributed by atoms with Gasteiger partial charge in [0.1, 0.15) is 0 Å². The normalized spacial score (nSPS) is 11.3. The average molecular weight is 529 g/mol. The molecule has 0 saturated heterocycles. The number of hydrogen-bond donors (Lipinski definition) is 1. The van der Waals surface area contributed by atoms with Gasteiger partial charge in [-0.15, -0.1) is 0 Å². The molecule has 0 radical (unpaired) electrons. The van der Waals surface area contributed by atoms with Crippen LogP contribution in [0, 0.1) is 18.6 Å². The molecule has 4 rings (SSSR count). The number of ether oxygens (including phenoxy) is 1. The van der Waals surface area contributed by atoms with E-state index in [0.29, 0.717) is 16.4 Å². The van der Waals surface area contributed by atoms with Crippen molar-refractivity contribution >= 4 is 27.5 Å². The fourth-order valence-electron chi connectivity index (χ4n) is 3.40. The Morgan fingerprint density at radius 2 is 1.78 bits per heavy atom. The number of rotatable bonds is 9. The second-order valence-corrected chi connectivity index (χ2v) is 10.4. The number of benzene rings is 2. The molecule has 2 aromatic carbocycles. The minimum atomic E-state index is -3.94. The second-order valence-electron chi connectivity index (χ2n) is 7.74. The molecule has 0 aliphatic rings. The molecule has 0 aliphatic carbocycles. The van der Waals surface area contributed by atoms with E-state index in [0.717, 1.165) is 5.56 Å². The van der Waals surface area contributed by atoms with E-state index < -0.39 is 33.1 Å². The van der Waals surface area contributed by atoms with Gasteiger partial charge in [-0.3, -0.25) is 4.72 Å². The number of nitrogens with zero attached hydrogens (tertiary/aromatic N) is 3. The van der Waals surface area contributed by atoms with Crippen molar-refractivity contribution in [2.24, 2.45) is 0 Å². The van der Waals surface area contributed by atoms with Gasteiger partial charge in [-0.2, -0.15) is 4.39 Å². The van der Waals surface area contributed by atoms with Crippen molar-refractivity contribution in [3.63, 3.8) is 0 Å². The summed E-state index contributed by atoms with van der Waals surface area (Å²) >= 11 is 1.35. The highest BCUT2D eigenvalue weighted by Crippen LogP contribution is 2.36. The molecule has 0 aliphatic heterocycles. The molecular weight excluding hydrogens is 506 g/mol. The highest BCUT2D eigenvalue weighted by molar-refractivity contribution is 7.98. The summed E-state index contributed by atoms with van der Waals surface area (Å²) in [7, 11) is -3.94. The molecule has 0 unspecified atom stereocenters.